The topological polar surface area (TPSA) is 66.9 Å². The molecular weight excluding hydrogens is 406 g/mol. The Labute approximate surface area is 182 Å². The number of aromatic hydroxyl groups is 1. The minimum Gasteiger partial charge on any atom is -0.493 e. The molecule has 31 heavy (non-hydrogen) atoms. The molecule has 2 heterocycles. The number of hydrogen-bond acceptors (Lipinski definition) is 4. The number of rotatable bonds is 3. The molecule has 0 unspecified atom stereocenters. The van der Waals surface area contributed by atoms with Gasteiger partial charge in [0, 0.05) is 5.22 Å². The molecule has 1 aliphatic rings. The molecule has 1 amide bonds. The molecule has 0 fully saturated rings. The van der Waals surface area contributed by atoms with E-state index in [0.717, 1.165) is 27.7 Å². The Balaban J connectivity index is 1.87. The van der Waals surface area contributed by atoms with E-state index in [1.165, 1.54) is 11.3 Å². The van der Waals surface area contributed by atoms with Crippen LogP contribution in [0.25, 0.3) is 11.3 Å². The van der Waals surface area contributed by atoms with E-state index in [-0.39, 0.29) is 11.8 Å². The summed E-state index contributed by atoms with van der Waals surface area (Å²) in [6, 6.07) is 23.0. The molecule has 5 rings (SSSR count). The molecule has 0 bridgehead atoms. The van der Waals surface area contributed by atoms with Crippen LogP contribution in [-0.4, -0.2) is 15.6 Å². The average Bonchev–Trinajstić information content (AvgIpc) is 3.25. The number of thiazole rings is 1. The number of benzene rings is 3. The minimum absolute atomic E-state index is 0.0121. The fourth-order valence-electron chi connectivity index (χ4n) is 3.72. The number of aryl methyl sites for hydroxylation is 2. The number of fused-ring (bicyclic) bond motifs is 1. The SMILES string of the molecule is Cc1ccccc1N=c1sc(C2=c3ccccc3=NC2=O)c(O)n1-c1ccccc1C. The third-order valence-electron chi connectivity index (χ3n) is 5.32. The Hall–Kier alpha value is -3.77. The zero-order valence-electron chi connectivity index (χ0n) is 17.0. The van der Waals surface area contributed by atoms with Crippen LogP contribution < -0.4 is 15.4 Å². The molecule has 152 valence electrons. The molecule has 0 atom stereocenters. The van der Waals surface area contributed by atoms with Gasteiger partial charge in [0.05, 0.1) is 22.3 Å². The Morgan fingerprint density at radius 3 is 2.35 bits per heavy atom. The minimum atomic E-state index is -0.350. The standard InChI is InChI=1S/C25H19N3O2S/c1-15-9-3-6-12-18(15)27-25-28(20-14-8-4-10-16(20)2)24(30)22(31-25)21-17-11-5-7-13-19(17)26-23(21)29/h3-14,30H,1-2H3. The zero-order valence-corrected chi connectivity index (χ0v) is 17.9. The Bertz CT molecular complexity index is 1540. The van der Waals surface area contributed by atoms with Gasteiger partial charge in [-0.05, 0) is 43.2 Å². The van der Waals surface area contributed by atoms with Crippen LogP contribution in [0.5, 0.6) is 5.88 Å². The van der Waals surface area contributed by atoms with Gasteiger partial charge in [0.1, 0.15) is 4.88 Å². The third kappa shape index (κ3) is 3.21. The van der Waals surface area contributed by atoms with E-state index in [4.69, 9.17) is 4.99 Å². The van der Waals surface area contributed by atoms with E-state index in [2.05, 4.69) is 4.99 Å². The van der Waals surface area contributed by atoms with Crippen LogP contribution in [0, 0.1) is 13.8 Å². The molecule has 0 radical (unpaired) electrons. The number of carbonyl (C=O) groups excluding carboxylic acids is 1. The first kappa shape index (κ1) is 19.2. The van der Waals surface area contributed by atoms with E-state index >= 15 is 0 Å². The van der Waals surface area contributed by atoms with Gasteiger partial charge in [0.15, 0.2) is 4.80 Å². The van der Waals surface area contributed by atoms with Gasteiger partial charge in [-0.25, -0.2) is 9.98 Å². The lowest BCUT2D eigenvalue weighted by Gasteiger charge is -2.09. The molecule has 0 saturated heterocycles. The number of carbonyl (C=O) groups is 1. The first-order valence-corrected chi connectivity index (χ1v) is 10.7. The van der Waals surface area contributed by atoms with Crippen molar-refractivity contribution in [2.45, 2.75) is 13.8 Å². The highest BCUT2D eigenvalue weighted by molar-refractivity contribution is 7.11. The summed E-state index contributed by atoms with van der Waals surface area (Å²) in [5.41, 5.74) is 4.04. The molecule has 0 saturated carbocycles. The van der Waals surface area contributed by atoms with Crippen LogP contribution in [0.2, 0.25) is 0 Å². The Morgan fingerprint density at radius 1 is 0.903 bits per heavy atom. The fourth-order valence-corrected chi connectivity index (χ4v) is 4.80. The first-order chi connectivity index (χ1) is 15.0. The molecular formula is C25H19N3O2S. The maximum absolute atomic E-state index is 12.8. The number of para-hydroxylation sites is 3. The number of hydrogen-bond donors (Lipinski definition) is 1. The lowest BCUT2D eigenvalue weighted by atomic mass is 10.1. The van der Waals surface area contributed by atoms with Gasteiger partial charge in [-0.15, -0.1) is 0 Å². The molecule has 6 heteroatoms. The molecule has 1 N–H and O–H groups in total. The van der Waals surface area contributed by atoms with Crippen molar-refractivity contribution in [1.29, 1.82) is 0 Å². The Morgan fingerprint density at radius 2 is 1.58 bits per heavy atom. The van der Waals surface area contributed by atoms with Crippen molar-refractivity contribution >= 4 is 28.5 Å². The van der Waals surface area contributed by atoms with Gasteiger partial charge >= 0.3 is 0 Å². The van der Waals surface area contributed by atoms with Crippen molar-refractivity contribution in [3.63, 3.8) is 0 Å². The summed E-state index contributed by atoms with van der Waals surface area (Å²) < 4.78 is 1.71. The highest BCUT2D eigenvalue weighted by Gasteiger charge is 2.26. The van der Waals surface area contributed by atoms with Crippen LogP contribution >= 0.6 is 11.3 Å². The van der Waals surface area contributed by atoms with Gasteiger partial charge in [-0.1, -0.05) is 65.9 Å². The maximum atomic E-state index is 12.8. The van der Waals surface area contributed by atoms with E-state index in [1.54, 1.807) is 10.6 Å². The molecule has 1 aliphatic heterocycles. The summed E-state index contributed by atoms with van der Waals surface area (Å²) in [6.07, 6.45) is 0. The van der Waals surface area contributed by atoms with Crippen molar-refractivity contribution < 1.29 is 9.90 Å². The smallest absolute Gasteiger partial charge is 0.279 e. The van der Waals surface area contributed by atoms with E-state index in [0.29, 0.717) is 20.6 Å². The van der Waals surface area contributed by atoms with Crippen LogP contribution in [-0.2, 0) is 4.79 Å². The van der Waals surface area contributed by atoms with E-state index in [1.807, 2.05) is 80.6 Å². The summed E-state index contributed by atoms with van der Waals surface area (Å²) in [5.74, 6) is -0.362. The van der Waals surface area contributed by atoms with Gasteiger partial charge < -0.3 is 5.11 Å². The summed E-state index contributed by atoms with van der Waals surface area (Å²) in [7, 11) is 0. The molecule has 3 aromatic carbocycles. The predicted octanol–water partition coefficient (Wildman–Crippen LogP) is 3.45. The largest absolute Gasteiger partial charge is 0.493 e. The van der Waals surface area contributed by atoms with Crippen molar-refractivity contribution in [1.82, 2.24) is 4.57 Å². The molecule has 4 aromatic rings. The lowest BCUT2D eigenvalue weighted by molar-refractivity contribution is -0.112. The molecule has 0 aliphatic carbocycles. The maximum Gasteiger partial charge on any atom is 0.279 e. The van der Waals surface area contributed by atoms with Crippen molar-refractivity contribution in [2.24, 2.45) is 9.98 Å². The van der Waals surface area contributed by atoms with E-state index < -0.39 is 0 Å². The summed E-state index contributed by atoms with van der Waals surface area (Å²) >= 11 is 1.29. The Kier molecular flexibility index (Phi) is 4.64. The molecule has 5 nitrogen and oxygen atoms in total. The fraction of sp³-hybridized carbons (Fsp3) is 0.0800. The monoisotopic (exact) mass is 425 g/mol. The van der Waals surface area contributed by atoms with Crippen LogP contribution in [0.1, 0.15) is 16.0 Å². The highest BCUT2D eigenvalue weighted by Crippen LogP contribution is 2.32. The molecule has 1 aromatic heterocycles. The lowest BCUT2D eigenvalue weighted by Crippen LogP contribution is -2.22. The highest BCUT2D eigenvalue weighted by atomic mass is 32.1. The second-order valence-corrected chi connectivity index (χ2v) is 8.34. The van der Waals surface area contributed by atoms with Crippen molar-refractivity contribution in [3.05, 3.63) is 104 Å². The summed E-state index contributed by atoms with van der Waals surface area (Å²) in [5, 5.41) is 12.7. The number of nitrogens with zero attached hydrogens (tertiary/aromatic N) is 3. The predicted molar refractivity (Wildman–Crippen MR) is 121 cm³/mol. The number of aromatic nitrogens is 1. The number of amides is 1. The van der Waals surface area contributed by atoms with Crippen LogP contribution in [0.15, 0.2) is 82.8 Å². The second kappa shape index (κ2) is 7.49. The van der Waals surface area contributed by atoms with Crippen molar-refractivity contribution in [3.8, 4) is 11.6 Å². The normalized spacial score (nSPS) is 13.4. The van der Waals surface area contributed by atoms with Gasteiger partial charge in [-0.3, -0.25) is 9.36 Å². The van der Waals surface area contributed by atoms with Gasteiger partial charge in [0.2, 0.25) is 5.88 Å². The van der Waals surface area contributed by atoms with Crippen LogP contribution in [0.3, 0.4) is 0 Å². The van der Waals surface area contributed by atoms with Crippen LogP contribution in [0.4, 0.5) is 5.69 Å². The zero-order chi connectivity index (χ0) is 21.5. The summed E-state index contributed by atoms with van der Waals surface area (Å²) in [6.45, 7) is 3.98. The molecule has 0 spiro atoms. The third-order valence-corrected chi connectivity index (χ3v) is 6.37. The summed E-state index contributed by atoms with van der Waals surface area (Å²) in [4.78, 5) is 22.8. The van der Waals surface area contributed by atoms with Crippen molar-refractivity contribution in [2.75, 3.05) is 0 Å². The van der Waals surface area contributed by atoms with E-state index in [9.17, 15) is 9.90 Å². The quantitative estimate of drug-likeness (QED) is 0.546. The second-order valence-electron chi connectivity index (χ2n) is 7.37. The average molecular weight is 426 g/mol. The van der Waals surface area contributed by atoms with Gasteiger partial charge in [0.25, 0.3) is 5.91 Å². The van der Waals surface area contributed by atoms with Gasteiger partial charge in [-0.2, -0.15) is 0 Å². The first-order valence-electron chi connectivity index (χ1n) is 9.88.